The highest BCUT2D eigenvalue weighted by Gasteiger charge is 2.48. The number of hydrogen-bond acceptors (Lipinski definition) is 4. The first-order chi connectivity index (χ1) is 10.2. The van der Waals surface area contributed by atoms with Crippen LogP contribution in [0, 0.1) is 11.3 Å². The summed E-state index contributed by atoms with van der Waals surface area (Å²) in [6.45, 7) is 7.57. The molecule has 6 heteroatoms. The van der Waals surface area contributed by atoms with E-state index in [-0.39, 0.29) is 12.0 Å². The van der Waals surface area contributed by atoms with Gasteiger partial charge in [-0.3, -0.25) is 4.79 Å². The van der Waals surface area contributed by atoms with Gasteiger partial charge in [0.15, 0.2) is 0 Å². The molecule has 2 aliphatic heterocycles. The van der Waals surface area contributed by atoms with Crippen LogP contribution in [0.15, 0.2) is 0 Å². The lowest BCUT2D eigenvalue weighted by atomic mass is 9.67. The van der Waals surface area contributed by atoms with Gasteiger partial charge in [-0.1, -0.05) is 0 Å². The minimum atomic E-state index is -0.765. The zero-order valence-electron chi connectivity index (χ0n) is 13.8. The van der Waals surface area contributed by atoms with Gasteiger partial charge in [0.05, 0.1) is 5.41 Å². The summed E-state index contributed by atoms with van der Waals surface area (Å²) in [5, 5.41) is 9.76. The van der Waals surface area contributed by atoms with E-state index < -0.39 is 17.0 Å². The molecule has 1 amide bonds. The molecule has 1 N–H and O–H groups in total. The summed E-state index contributed by atoms with van der Waals surface area (Å²) in [7, 11) is 0. The SMILES string of the molecule is CC(C)(C)OC(=O)N1CCCC(C2(C(=O)O)CCOCC2)C1. The second kappa shape index (κ2) is 6.44. The van der Waals surface area contributed by atoms with Crippen molar-refractivity contribution in [3.8, 4) is 0 Å². The van der Waals surface area contributed by atoms with Crippen molar-refractivity contribution in [2.24, 2.45) is 11.3 Å². The predicted octanol–water partition coefficient (Wildman–Crippen LogP) is 2.51. The number of rotatable bonds is 2. The molecule has 0 aliphatic carbocycles. The van der Waals surface area contributed by atoms with Crippen LogP contribution in [0.2, 0.25) is 0 Å². The van der Waals surface area contributed by atoms with Gasteiger partial charge in [-0.15, -0.1) is 0 Å². The van der Waals surface area contributed by atoms with Gasteiger partial charge in [0.25, 0.3) is 0 Å². The van der Waals surface area contributed by atoms with E-state index in [2.05, 4.69) is 0 Å². The first-order valence-electron chi connectivity index (χ1n) is 8.04. The fourth-order valence-corrected chi connectivity index (χ4v) is 3.45. The summed E-state index contributed by atoms with van der Waals surface area (Å²) < 4.78 is 10.8. The number of carboxylic acids is 1. The van der Waals surface area contributed by atoms with E-state index in [0.717, 1.165) is 12.8 Å². The Kier molecular flexibility index (Phi) is 5.00. The van der Waals surface area contributed by atoms with Gasteiger partial charge in [0.2, 0.25) is 0 Å². The normalized spacial score (nSPS) is 25.6. The largest absolute Gasteiger partial charge is 0.481 e. The fraction of sp³-hybridized carbons (Fsp3) is 0.875. The van der Waals surface area contributed by atoms with Crippen LogP contribution in [0.1, 0.15) is 46.5 Å². The molecule has 22 heavy (non-hydrogen) atoms. The molecule has 0 saturated carbocycles. The quantitative estimate of drug-likeness (QED) is 0.847. The van der Waals surface area contributed by atoms with Crippen molar-refractivity contribution in [2.75, 3.05) is 26.3 Å². The summed E-state index contributed by atoms with van der Waals surface area (Å²) in [6.07, 6.45) is 2.36. The van der Waals surface area contributed by atoms with E-state index >= 15 is 0 Å². The maximum atomic E-state index is 12.2. The van der Waals surface area contributed by atoms with E-state index in [1.54, 1.807) is 4.90 Å². The number of carboxylic acid groups (broad SMARTS) is 1. The van der Waals surface area contributed by atoms with Crippen LogP contribution in [-0.4, -0.2) is 54.0 Å². The third-order valence-electron chi connectivity index (χ3n) is 4.67. The third-order valence-corrected chi connectivity index (χ3v) is 4.67. The molecule has 6 nitrogen and oxygen atoms in total. The van der Waals surface area contributed by atoms with Gasteiger partial charge in [0.1, 0.15) is 5.60 Å². The molecule has 0 spiro atoms. The van der Waals surface area contributed by atoms with Crippen LogP contribution in [-0.2, 0) is 14.3 Å². The van der Waals surface area contributed by atoms with Gasteiger partial charge in [0, 0.05) is 26.3 Å². The zero-order chi connectivity index (χ0) is 16.4. The second-order valence-electron chi connectivity index (χ2n) is 7.34. The molecule has 2 aliphatic rings. The molecule has 1 atom stereocenters. The number of aliphatic carboxylic acids is 1. The Morgan fingerprint density at radius 1 is 1.27 bits per heavy atom. The van der Waals surface area contributed by atoms with Crippen molar-refractivity contribution in [1.82, 2.24) is 4.90 Å². The number of nitrogens with zero attached hydrogens (tertiary/aromatic N) is 1. The topological polar surface area (TPSA) is 76.1 Å². The Balaban J connectivity index is 2.08. The maximum absolute atomic E-state index is 12.2. The number of amides is 1. The molecule has 1 unspecified atom stereocenters. The molecule has 0 aromatic heterocycles. The smallest absolute Gasteiger partial charge is 0.410 e. The van der Waals surface area contributed by atoms with Gasteiger partial charge in [-0.25, -0.2) is 4.79 Å². The Hall–Kier alpha value is -1.30. The fourth-order valence-electron chi connectivity index (χ4n) is 3.45. The number of piperidine rings is 1. The van der Waals surface area contributed by atoms with Crippen LogP contribution in [0.25, 0.3) is 0 Å². The minimum absolute atomic E-state index is 0.0323. The van der Waals surface area contributed by atoms with Crippen molar-refractivity contribution in [3.63, 3.8) is 0 Å². The summed E-state index contributed by atoms with van der Waals surface area (Å²) in [5.41, 5.74) is -1.30. The number of carbonyl (C=O) groups excluding carboxylic acids is 1. The highest BCUT2D eigenvalue weighted by molar-refractivity contribution is 5.75. The van der Waals surface area contributed by atoms with Gasteiger partial charge in [-0.05, 0) is 52.4 Å². The average molecular weight is 313 g/mol. The van der Waals surface area contributed by atoms with Crippen molar-refractivity contribution in [3.05, 3.63) is 0 Å². The summed E-state index contributed by atoms with van der Waals surface area (Å²) in [4.78, 5) is 25.8. The molecular formula is C16H27NO5. The van der Waals surface area contributed by atoms with E-state index in [1.165, 1.54) is 0 Å². The second-order valence-corrected chi connectivity index (χ2v) is 7.34. The first-order valence-corrected chi connectivity index (χ1v) is 8.04. The lowest BCUT2D eigenvalue weighted by Gasteiger charge is -2.44. The molecule has 2 rings (SSSR count). The average Bonchev–Trinajstić information content (AvgIpc) is 2.46. The standard InChI is InChI=1S/C16H27NO5/c1-15(2,3)22-14(20)17-8-4-5-12(11-17)16(13(18)19)6-9-21-10-7-16/h12H,4-11H2,1-3H3,(H,18,19). The third kappa shape index (κ3) is 3.72. The van der Waals surface area contributed by atoms with Crippen molar-refractivity contribution >= 4 is 12.1 Å². The van der Waals surface area contributed by atoms with Gasteiger partial charge >= 0.3 is 12.1 Å². The monoisotopic (exact) mass is 313 g/mol. The van der Waals surface area contributed by atoms with E-state index in [4.69, 9.17) is 9.47 Å². The molecule has 2 heterocycles. The van der Waals surface area contributed by atoms with Crippen LogP contribution in [0.4, 0.5) is 4.79 Å². The molecule has 126 valence electrons. The molecule has 0 bridgehead atoms. The number of ether oxygens (including phenoxy) is 2. The number of likely N-dealkylation sites (tertiary alicyclic amines) is 1. The van der Waals surface area contributed by atoms with E-state index in [1.807, 2.05) is 20.8 Å². The zero-order valence-corrected chi connectivity index (χ0v) is 13.8. The molecule has 0 aromatic rings. The predicted molar refractivity (Wildman–Crippen MR) is 80.7 cm³/mol. The van der Waals surface area contributed by atoms with E-state index in [9.17, 15) is 14.7 Å². The maximum Gasteiger partial charge on any atom is 0.410 e. The Morgan fingerprint density at radius 3 is 2.45 bits per heavy atom. The lowest BCUT2D eigenvalue weighted by molar-refractivity contribution is -0.162. The van der Waals surface area contributed by atoms with Crippen molar-refractivity contribution in [1.29, 1.82) is 0 Å². The van der Waals surface area contributed by atoms with Crippen molar-refractivity contribution < 1.29 is 24.2 Å². The minimum Gasteiger partial charge on any atom is -0.481 e. The highest BCUT2D eigenvalue weighted by atomic mass is 16.6. The van der Waals surface area contributed by atoms with Crippen LogP contribution < -0.4 is 0 Å². The first kappa shape index (κ1) is 17.1. The molecule has 2 saturated heterocycles. The molecule has 0 aromatic carbocycles. The van der Waals surface area contributed by atoms with E-state index in [0.29, 0.717) is 39.1 Å². The molecule has 0 radical (unpaired) electrons. The number of carbonyl (C=O) groups is 2. The summed E-state index contributed by atoms with van der Waals surface area (Å²) in [6, 6.07) is 0. The van der Waals surface area contributed by atoms with Crippen LogP contribution in [0.5, 0.6) is 0 Å². The highest BCUT2D eigenvalue weighted by Crippen LogP contribution is 2.43. The lowest BCUT2D eigenvalue weighted by Crippen LogP contribution is -2.52. The van der Waals surface area contributed by atoms with Crippen molar-refractivity contribution in [2.45, 2.75) is 52.1 Å². The summed E-state index contributed by atoms with van der Waals surface area (Å²) in [5.74, 6) is -0.790. The Morgan fingerprint density at radius 2 is 1.91 bits per heavy atom. The van der Waals surface area contributed by atoms with Crippen LogP contribution in [0.3, 0.4) is 0 Å². The molecule has 2 fully saturated rings. The summed E-state index contributed by atoms with van der Waals surface area (Å²) >= 11 is 0. The molecular weight excluding hydrogens is 286 g/mol. The van der Waals surface area contributed by atoms with Gasteiger partial charge in [-0.2, -0.15) is 0 Å². The van der Waals surface area contributed by atoms with Crippen LogP contribution >= 0.6 is 0 Å². The Labute approximate surface area is 131 Å². The number of hydrogen-bond donors (Lipinski definition) is 1. The van der Waals surface area contributed by atoms with Gasteiger partial charge < -0.3 is 19.5 Å². The Bertz CT molecular complexity index is 423.